The molecule has 0 radical (unpaired) electrons. The minimum absolute atomic E-state index is 0.0705. The third kappa shape index (κ3) is 13.6. The van der Waals surface area contributed by atoms with Crippen molar-refractivity contribution < 1.29 is 87.0 Å². The van der Waals surface area contributed by atoms with Crippen LogP contribution < -0.4 is 15.4 Å². The zero-order chi connectivity index (χ0) is 56.5. The van der Waals surface area contributed by atoms with Gasteiger partial charge in [0, 0.05) is 37.8 Å². The smallest absolute Gasteiger partial charge is 0.407 e. The number of esters is 2. The summed E-state index contributed by atoms with van der Waals surface area (Å²) in [5, 5.41) is 53.2. The van der Waals surface area contributed by atoms with Gasteiger partial charge in [-0.15, -0.1) is 0 Å². The van der Waals surface area contributed by atoms with E-state index in [0.29, 0.717) is 57.2 Å². The van der Waals surface area contributed by atoms with E-state index in [1.165, 1.54) is 37.8 Å². The van der Waals surface area contributed by atoms with E-state index in [0.717, 1.165) is 32.1 Å². The summed E-state index contributed by atoms with van der Waals surface area (Å²) in [4.78, 5) is 65.9. The normalized spacial score (nSPS) is 35.6. The number of unbranched alkanes of at least 4 members (excludes halogenated alkanes) is 3. The number of carbonyl (C=O) groups is 5. The minimum Gasteiger partial charge on any atom is -0.497 e. The molecule has 78 heavy (non-hydrogen) atoms. The van der Waals surface area contributed by atoms with Crippen molar-refractivity contribution in [2.24, 2.45) is 40.4 Å². The minimum atomic E-state index is -1.75. The number of alkyl carbamates (subject to hydrolysis) is 2. The third-order valence-corrected chi connectivity index (χ3v) is 18.0. The molecule has 0 spiro atoms. The van der Waals surface area contributed by atoms with E-state index in [2.05, 4.69) is 37.1 Å². The third-order valence-electron chi connectivity index (χ3n) is 18.0. The fourth-order valence-corrected chi connectivity index (χ4v) is 13.5. The Morgan fingerprint density at radius 2 is 1.51 bits per heavy atom. The number of fused-ring (bicyclic) bond motifs is 5. The number of aliphatic hydroxyl groups excluding tert-OH is 3. The Kier molecular flexibility index (Phi) is 20.9. The van der Waals surface area contributed by atoms with Gasteiger partial charge in [0.05, 0.1) is 38.1 Å². The molecule has 6 N–H and O–H groups in total. The molecule has 3 saturated carbocycles. The summed E-state index contributed by atoms with van der Waals surface area (Å²) < 4.78 is 53.2. The number of amides is 2. The maximum atomic E-state index is 14.3. The number of aliphatic hydroxyl groups is 4. The molecule has 2 aliphatic heterocycles. The lowest BCUT2D eigenvalue weighted by atomic mass is 9.46. The number of rotatable bonds is 23. The van der Waals surface area contributed by atoms with Crippen LogP contribution in [-0.2, 0) is 47.5 Å². The van der Waals surface area contributed by atoms with Gasteiger partial charge in [-0.05, 0) is 118 Å². The lowest BCUT2D eigenvalue weighted by molar-refractivity contribution is -0.345. The first kappa shape index (κ1) is 61.0. The number of methoxy groups -OCH3 is 1. The molecule has 1 aromatic rings. The fraction of sp³-hybridized carbons (Fsp3) is 0.741. The molecule has 2 heterocycles. The second kappa shape index (κ2) is 26.7. The van der Waals surface area contributed by atoms with Gasteiger partial charge >= 0.3 is 24.1 Å². The summed E-state index contributed by atoms with van der Waals surface area (Å²) >= 11 is 0. The molecule has 7 rings (SSSR count). The van der Waals surface area contributed by atoms with E-state index in [-0.39, 0.29) is 66.1 Å². The molecule has 1 aromatic carbocycles. The molecule has 0 bridgehead atoms. The van der Waals surface area contributed by atoms with Gasteiger partial charge < -0.3 is 73.7 Å². The number of hydrogen-bond donors (Lipinski definition) is 6. The van der Waals surface area contributed by atoms with Crippen LogP contribution in [0.3, 0.4) is 0 Å². The largest absolute Gasteiger partial charge is 0.497 e. The van der Waals surface area contributed by atoms with Gasteiger partial charge in [0.15, 0.2) is 30.9 Å². The summed E-state index contributed by atoms with van der Waals surface area (Å²) in [6, 6.07) is 5.99. The Labute approximate surface area is 458 Å². The molecule has 2 amide bonds. The number of hydrogen-bond acceptors (Lipinski definition) is 18. The summed E-state index contributed by atoms with van der Waals surface area (Å²) in [6.45, 7) is 14.8. The van der Waals surface area contributed by atoms with Crippen LogP contribution in [0, 0.1) is 40.4 Å². The highest BCUT2D eigenvalue weighted by molar-refractivity contribution is 5.89. The molecule has 20 heteroatoms. The molecule has 2 saturated heterocycles. The zero-order valence-corrected chi connectivity index (χ0v) is 46.6. The number of benzene rings is 1. The van der Waals surface area contributed by atoms with Crippen molar-refractivity contribution in [3.8, 4) is 5.75 Å². The number of nitrogens with one attached hydrogen (secondary N) is 2. The monoisotopic (exact) mass is 1100 g/mol. The maximum Gasteiger partial charge on any atom is 0.407 e. The van der Waals surface area contributed by atoms with E-state index in [1.54, 1.807) is 19.1 Å². The van der Waals surface area contributed by atoms with Crippen molar-refractivity contribution in [3.63, 3.8) is 0 Å². The maximum absolute atomic E-state index is 14.3. The van der Waals surface area contributed by atoms with Crippen molar-refractivity contribution >= 4 is 29.9 Å². The van der Waals surface area contributed by atoms with Crippen LogP contribution in [0.5, 0.6) is 5.75 Å². The number of allylic oxidation sites excluding steroid dienone is 1. The van der Waals surface area contributed by atoms with Crippen LogP contribution in [0.1, 0.15) is 135 Å². The van der Waals surface area contributed by atoms with Gasteiger partial charge in [-0.25, -0.2) is 14.4 Å². The molecule has 6 aliphatic rings. The first-order valence-corrected chi connectivity index (χ1v) is 28.2. The van der Waals surface area contributed by atoms with Crippen LogP contribution in [-0.4, -0.2) is 157 Å². The second-order valence-corrected chi connectivity index (χ2v) is 23.3. The van der Waals surface area contributed by atoms with E-state index >= 15 is 0 Å². The van der Waals surface area contributed by atoms with Gasteiger partial charge in [-0.3, -0.25) is 9.59 Å². The van der Waals surface area contributed by atoms with Crippen LogP contribution in [0.2, 0.25) is 0 Å². The summed E-state index contributed by atoms with van der Waals surface area (Å²) in [5.41, 5.74) is -1.27. The van der Waals surface area contributed by atoms with Crippen molar-refractivity contribution in [3.05, 3.63) is 54.1 Å². The van der Waals surface area contributed by atoms with Crippen molar-refractivity contribution in [1.29, 1.82) is 0 Å². The Hall–Kier alpha value is -4.67. The second-order valence-electron chi connectivity index (χ2n) is 23.3. The lowest BCUT2D eigenvalue weighted by Gasteiger charge is -2.59. The van der Waals surface area contributed by atoms with Crippen molar-refractivity contribution in [2.75, 3.05) is 40.0 Å². The highest BCUT2D eigenvalue weighted by atomic mass is 16.8. The summed E-state index contributed by atoms with van der Waals surface area (Å²) in [6.07, 6.45) is -3.13. The molecule has 436 valence electrons. The quantitative estimate of drug-likeness (QED) is 0.0307. The van der Waals surface area contributed by atoms with Crippen LogP contribution >= 0.6 is 0 Å². The number of ether oxygens (including phenoxy) is 9. The van der Waals surface area contributed by atoms with Gasteiger partial charge in [0.1, 0.15) is 42.1 Å². The Bertz CT molecular complexity index is 2260. The SMILES string of the molecule is C=CCOC(=O)NCCCCCCNC(=O)OC1COC(OC2C(O)COC(O[C@H]3C[C@H]4[C@@H]5CC=C6C[C@@H](O)CC[C@]6(C)C5CC[C@]4(C)[C@@]3(O)[C@H](C)C(=O)CCC(C)C)C2OC(C)=O)C(OC(=O)c2ccc(OC)cc2)C1O. The lowest BCUT2D eigenvalue weighted by Crippen LogP contribution is -2.64. The number of ketones is 1. The zero-order valence-electron chi connectivity index (χ0n) is 46.6. The Morgan fingerprint density at radius 3 is 2.18 bits per heavy atom. The first-order chi connectivity index (χ1) is 37.1. The summed E-state index contributed by atoms with van der Waals surface area (Å²) in [5.74, 6) is -1.63. The Balaban J connectivity index is 1.10. The Morgan fingerprint density at radius 1 is 0.833 bits per heavy atom. The topological polar surface area (TPSA) is 273 Å². The number of Topliss-reactive ketones (excluding diaryl/α,β-unsaturated/α-hetero) is 1. The van der Waals surface area contributed by atoms with Crippen LogP contribution in [0.25, 0.3) is 0 Å². The standard InChI is InChI=1S/C58H86N2O18/c1-9-28-71-54(67)59-26-12-10-11-13-27-60-55(68)75-45-32-73-52(49(47(45)65)77-51(66)36-15-18-39(70-8)19-16-36)78-48-44(64)31-72-53(50(48)74-35(5)61)76-46-30-42-40-20-17-37-29-38(62)22-24-56(37,6)41(40)23-25-57(42,7)58(46,69)34(4)43(63)21-14-33(2)3/h9,15-19,33-34,38,40-42,44-50,52-53,62,64-65,69H,1,10-14,20-32H2,2-8H3,(H,59,67)(H,60,68)/t34-,38+,40-,41?,42+,44?,45?,46+,47?,48?,49?,50?,52?,53?,56+,57+,58-/m1/s1. The van der Waals surface area contributed by atoms with E-state index in [9.17, 15) is 44.4 Å². The average molecular weight is 1100 g/mol. The first-order valence-electron chi connectivity index (χ1n) is 28.2. The fourth-order valence-electron chi connectivity index (χ4n) is 13.5. The van der Waals surface area contributed by atoms with E-state index in [1.807, 2.05) is 13.8 Å². The predicted octanol–water partition coefficient (Wildman–Crippen LogP) is 6.23. The van der Waals surface area contributed by atoms with Gasteiger partial charge in [0.2, 0.25) is 0 Å². The molecule has 9 unspecified atom stereocenters. The molecule has 17 atom stereocenters. The highest BCUT2D eigenvalue weighted by Crippen LogP contribution is 2.69. The van der Waals surface area contributed by atoms with Gasteiger partial charge in [-0.1, -0.05) is 71.8 Å². The summed E-state index contributed by atoms with van der Waals surface area (Å²) in [7, 11) is 1.47. The molecular formula is C58H86N2O18. The predicted molar refractivity (Wildman–Crippen MR) is 282 cm³/mol. The molecule has 4 aliphatic carbocycles. The average Bonchev–Trinajstić information content (AvgIpc) is 3.64. The van der Waals surface area contributed by atoms with Crippen molar-refractivity contribution in [1.82, 2.24) is 10.6 Å². The molecule has 0 aromatic heterocycles. The molecule has 20 nitrogen and oxygen atoms in total. The number of carbonyl (C=O) groups excluding carboxylic acids is 5. The molecule has 5 fully saturated rings. The van der Waals surface area contributed by atoms with E-state index in [4.69, 9.17) is 42.6 Å². The molecular weight excluding hydrogens is 1010 g/mol. The van der Waals surface area contributed by atoms with Gasteiger partial charge in [-0.2, -0.15) is 0 Å². The van der Waals surface area contributed by atoms with E-state index < -0.39 is 110 Å². The van der Waals surface area contributed by atoms with Crippen molar-refractivity contribution in [2.45, 2.75) is 192 Å². The van der Waals surface area contributed by atoms with Crippen LogP contribution in [0.4, 0.5) is 9.59 Å². The van der Waals surface area contributed by atoms with Gasteiger partial charge in [0.25, 0.3) is 0 Å². The highest BCUT2D eigenvalue weighted by Gasteiger charge is 2.70. The van der Waals surface area contributed by atoms with Crippen LogP contribution in [0.15, 0.2) is 48.6 Å².